The number of para-hydroxylation sites is 1. The van der Waals surface area contributed by atoms with E-state index in [0.717, 1.165) is 40.4 Å². The minimum absolute atomic E-state index is 0.0523. The minimum Gasteiger partial charge on any atom is -0.465 e. The number of carbonyl (C=O) groups is 1. The predicted molar refractivity (Wildman–Crippen MR) is 116 cm³/mol. The summed E-state index contributed by atoms with van der Waals surface area (Å²) in [4.78, 5) is 25.2. The Morgan fingerprint density at radius 3 is 2.59 bits per heavy atom. The van der Waals surface area contributed by atoms with Gasteiger partial charge in [0.1, 0.15) is 0 Å². The number of carbonyl (C=O) groups excluding carboxylic acids is 1. The van der Waals surface area contributed by atoms with Gasteiger partial charge >= 0.3 is 5.97 Å². The lowest BCUT2D eigenvalue weighted by molar-refractivity contribution is 0.0602. The van der Waals surface area contributed by atoms with E-state index in [-0.39, 0.29) is 17.6 Å². The summed E-state index contributed by atoms with van der Waals surface area (Å²) in [6.07, 6.45) is 2.28. The number of fused-ring (bicyclic) bond motifs is 1. The molecule has 5 nitrogen and oxygen atoms in total. The van der Waals surface area contributed by atoms with Crippen LogP contribution in [0.2, 0.25) is 0 Å². The second-order valence-corrected chi connectivity index (χ2v) is 7.93. The number of hydrogen-bond acceptors (Lipinski definition) is 4. The highest BCUT2D eigenvalue weighted by Gasteiger charge is 2.27. The molecule has 0 spiro atoms. The van der Waals surface area contributed by atoms with Crippen LogP contribution in [-0.2, 0) is 11.8 Å². The van der Waals surface area contributed by atoms with Gasteiger partial charge in [-0.3, -0.25) is 4.79 Å². The number of aryl methyl sites for hydroxylation is 1. The summed E-state index contributed by atoms with van der Waals surface area (Å²) in [6.45, 7) is 4.06. The molecule has 0 saturated heterocycles. The van der Waals surface area contributed by atoms with E-state index in [2.05, 4.69) is 24.4 Å². The maximum Gasteiger partial charge on any atom is 0.339 e. The van der Waals surface area contributed by atoms with E-state index < -0.39 is 0 Å². The molecule has 1 aromatic heterocycles. The monoisotopic (exact) mass is 390 g/mol. The van der Waals surface area contributed by atoms with Gasteiger partial charge in [-0.15, -0.1) is 0 Å². The molecule has 4 rings (SSSR count). The van der Waals surface area contributed by atoms with Crippen molar-refractivity contribution in [1.29, 1.82) is 0 Å². The van der Waals surface area contributed by atoms with E-state index in [0.29, 0.717) is 17.2 Å². The topological polar surface area (TPSA) is 60.3 Å². The zero-order chi connectivity index (χ0) is 20.7. The molecule has 0 unspecified atom stereocenters. The van der Waals surface area contributed by atoms with Crippen LogP contribution in [0.4, 0.5) is 5.69 Å². The van der Waals surface area contributed by atoms with Crippen LogP contribution in [0, 0.1) is 6.92 Å². The lowest BCUT2D eigenvalue weighted by atomic mass is 9.96. The molecule has 1 N–H and O–H groups in total. The van der Waals surface area contributed by atoms with Crippen LogP contribution in [0.1, 0.15) is 58.9 Å². The van der Waals surface area contributed by atoms with Crippen molar-refractivity contribution in [3.05, 3.63) is 75.2 Å². The molecule has 3 aromatic rings. The molecular formula is C24H26N2O3. The maximum absolute atomic E-state index is 13.0. The SMILES string of the molecule is COC(=O)c1ccccc1N[C@H](C)c1cc(C)cc2c(=O)n(C)c(C3CC3)cc12. The van der Waals surface area contributed by atoms with Gasteiger partial charge in [-0.2, -0.15) is 0 Å². The number of nitrogens with zero attached hydrogens (tertiary/aromatic N) is 1. The molecule has 1 aliphatic rings. The molecule has 0 aliphatic heterocycles. The number of pyridine rings is 1. The van der Waals surface area contributed by atoms with Crippen LogP contribution in [0.25, 0.3) is 10.8 Å². The number of anilines is 1. The maximum atomic E-state index is 13.0. The van der Waals surface area contributed by atoms with Gasteiger partial charge in [-0.1, -0.05) is 18.2 Å². The summed E-state index contributed by atoms with van der Waals surface area (Å²) in [5.41, 5.74) is 4.46. The largest absolute Gasteiger partial charge is 0.465 e. The van der Waals surface area contributed by atoms with E-state index in [1.54, 1.807) is 10.6 Å². The van der Waals surface area contributed by atoms with Crippen molar-refractivity contribution >= 4 is 22.4 Å². The third-order valence-electron chi connectivity index (χ3n) is 5.74. The highest BCUT2D eigenvalue weighted by Crippen LogP contribution is 2.41. The molecule has 150 valence electrons. The van der Waals surface area contributed by atoms with Gasteiger partial charge in [0.2, 0.25) is 0 Å². The standard InChI is InChI=1S/C24H26N2O3/c1-14-11-18(15(2)25-21-8-6-5-7-17(21)24(28)29-4)19-13-22(16-9-10-16)26(3)23(27)20(19)12-14/h5-8,11-13,15-16,25H,9-10H2,1-4H3/t15-/m1/s1. The summed E-state index contributed by atoms with van der Waals surface area (Å²) in [6, 6.07) is 13.5. The first-order valence-electron chi connectivity index (χ1n) is 9.98. The number of methoxy groups -OCH3 is 1. The van der Waals surface area contributed by atoms with Crippen molar-refractivity contribution in [2.45, 2.75) is 38.6 Å². The van der Waals surface area contributed by atoms with Crippen molar-refractivity contribution in [3.63, 3.8) is 0 Å². The summed E-state index contributed by atoms with van der Waals surface area (Å²) >= 11 is 0. The Hall–Kier alpha value is -3.08. The van der Waals surface area contributed by atoms with Gasteiger partial charge in [0.05, 0.1) is 12.7 Å². The number of ether oxygens (including phenoxy) is 1. The lowest BCUT2D eigenvalue weighted by Gasteiger charge is -2.21. The Morgan fingerprint density at radius 1 is 1.17 bits per heavy atom. The molecule has 1 atom stereocenters. The molecule has 0 bridgehead atoms. The fourth-order valence-electron chi connectivity index (χ4n) is 4.04. The first-order chi connectivity index (χ1) is 13.9. The summed E-state index contributed by atoms with van der Waals surface area (Å²) < 4.78 is 6.71. The molecule has 1 aliphatic carbocycles. The normalized spacial score (nSPS) is 14.6. The summed E-state index contributed by atoms with van der Waals surface area (Å²) in [5.74, 6) is 0.105. The Kier molecular flexibility index (Phi) is 4.91. The molecule has 29 heavy (non-hydrogen) atoms. The Morgan fingerprint density at radius 2 is 1.90 bits per heavy atom. The van der Waals surface area contributed by atoms with Crippen LogP contribution < -0.4 is 10.9 Å². The van der Waals surface area contributed by atoms with Crippen molar-refractivity contribution in [1.82, 2.24) is 4.57 Å². The van der Waals surface area contributed by atoms with E-state index in [4.69, 9.17) is 4.74 Å². The van der Waals surface area contributed by atoms with Gasteiger partial charge in [-0.05, 0) is 73.4 Å². The van der Waals surface area contributed by atoms with Crippen molar-refractivity contribution in [3.8, 4) is 0 Å². The van der Waals surface area contributed by atoms with Crippen molar-refractivity contribution < 1.29 is 9.53 Å². The number of hydrogen-bond donors (Lipinski definition) is 1. The first-order valence-corrected chi connectivity index (χ1v) is 9.98. The number of aromatic nitrogens is 1. The molecule has 5 heteroatoms. The van der Waals surface area contributed by atoms with Crippen molar-refractivity contribution in [2.24, 2.45) is 7.05 Å². The van der Waals surface area contributed by atoms with Crippen LogP contribution in [-0.4, -0.2) is 17.6 Å². The summed E-state index contributed by atoms with van der Waals surface area (Å²) in [7, 11) is 3.25. The molecule has 0 amide bonds. The second kappa shape index (κ2) is 7.39. The zero-order valence-corrected chi connectivity index (χ0v) is 17.3. The summed E-state index contributed by atoms with van der Waals surface area (Å²) in [5, 5.41) is 5.17. The number of rotatable bonds is 5. The number of esters is 1. The van der Waals surface area contributed by atoms with E-state index >= 15 is 0 Å². The fourth-order valence-corrected chi connectivity index (χ4v) is 4.04. The van der Waals surface area contributed by atoms with Gasteiger partial charge in [0, 0.05) is 29.9 Å². The first kappa shape index (κ1) is 19.2. The molecule has 1 heterocycles. The average molecular weight is 390 g/mol. The van der Waals surface area contributed by atoms with Gasteiger partial charge in [0.15, 0.2) is 0 Å². The smallest absolute Gasteiger partial charge is 0.339 e. The predicted octanol–water partition coefficient (Wildman–Crippen LogP) is 4.68. The zero-order valence-electron chi connectivity index (χ0n) is 17.3. The molecular weight excluding hydrogens is 364 g/mol. The Labute approximate surface area is 170 Å². The van der Waals surface area contributed by atoms with Gasteiger partial charge in [0.25, 0.3) is 5.56 Å². The van der Waals surface area contributed by atoms with Crippen LogP contribution in [0.5, 0.6) is 0 Å². The fraction of sp³-hybridized carbons (Fsp3) is 0.333. The number of benzene rings is 2. The molecule has 2 aromatic carbocycles. The van der Waals surface area contributed by atoms with Gasteiger partial charge < -0.3 is 14.6 Å². The highest BCUT2D eigenvalue weighted by molar-refractivity contribution is 5.95. The van der Waals surface area contributed by atoms with E-state index in [9.17, 15) is 9.59 Å². The third kappa shape index (κ3) is 3.53. The quantitative estimate of drug-likeness (QED) is 0.643. The highest BCUT2D eigenvalue weighted by atomic mass is 16.5. The Balaban J connectivity index is 1.82. The lowest BCUT2D eigenvalue weighted by Crippen LogP contribution is -2.21. The van der Waals surface area contributed by atoms with Crippen molar-refractivity contribution in [2.75, 3.05) is 12.4 Å². The minimum atomic E-state index is -0.376. The van der Waals surface area contributed by atoms with Crippen LogP contribution >= 0.6 is 0 Å². The second-order valence-electron chi connectivity index (χ2n) is 7.93. The Bertz CT molecular complexity index is 1160. The molecule has 1 fully saturated rings. The molecule has 0 radical (unpaired) electrons. The third-order valence-corrected chi connectivity index (χ3v) is 5.74. The average Bonchev–Trinajstić information content (AvgIpc) is 3.55. The molecule has 1 saturated carbocycles. The van der Waals surface area contributed by atoms with Crippen LogP contribution in [0.15, 0.2) is 47.3 Å². The van der Waals surface area contributed by atoms with Crippen LogP contribution in [0.3, 0.4) is 0 Å². The van der Waals surface area contributed by atoms with E-state index in [1.807, 2.05) is 38.2 Å². The van der Waals surface area contributed by atoms with E-state index in [1.165, 1.54) is 7.11 Å². The number of nitrogens with one attached hydrogen (secondary N) is 1. The van der Waals surface area contributed by atoms with Gasteiger partial charge in [-0.25, -0.2) is 4.79 Å².